The van der Waals surface area contributed by atoms with Crippen molar-refractivity contribution in [3.63, 3.8) is 0 Å². The van der Waals surface area contributed by atoms with Crippen molar-refractivity contribution in [3.05, 3.63) is 101 Å². The molecule has 0 saturated carbocycles. The zero-order valence-electron chi connectivity index (χ0n) is 19.2. The van der Waals surface area contributed by atoms with E-state index >= 15 is 0 Å². The first-order chi connectivity index (χ1) is 16.4. The van der Waals surface area contributed by atoms with E-state index in [2.05, 4.69) is 17.4 Å². The molecule has 6 nitrogen and oxygen atoms in total. The molecule has 6 heteroatoms. The van der Waals surface area contributed by atoms with Gasteiger partial charge in [0.1, 0.15) is 5.70 Å². The van der Waals surface area contributed by atoms with Crippen LogP contribution in [-0.4, -0.2) is 29.2 Å². The molecule has 5 rings (SSSR count). The van der Waals surface area contributed by atoms with Crippen LogP contribution in [0, 0.1) is 6.92 Å². The number of carbonyl (C=O) groups excluding carboxylic acids is 3. The van der Waals surface area contributed by atoms with Crippen molar-refractivity contribution in [2.45, 2.75) is 26.8 Å². The van der Waals surface area contributed by atoms with E-state index in [0.29, 0.717) is 35.7 Å². The average molecular weight is 452 g/mol. The van der Waals surface area contributed by atoms with Crippen molar-refractivity contribution in [1.82, 2.24) is 4.90 Å². The van der Waals surface area contributed by atoms with E-state index in [9.17, 15) is 14.4 Å². The number of imide groups is 1. The van der Waals surface area contributed by atoms with Crippen molar-refractivity contribution in [2.24, 2.45) is 0 Å². The zero-order valence-corrected chi connectivity index (χ0v) is 19.2. The van der Waals surface area contributed by atoms with E-state index < -0.39 is 0 Å². The third-order valence-electron chi connectivity index (χ3n) is 6.29. The Morgan fingerprint density at radius 2 is 1.53 bits per heavy atom. The molecule has 2 aliphatic heterocycles. The van der Waals surface area contributed by atoms with Crippen molar-refractivity contribution in [3.8, 4) is 0 Å². The first kappa shape index (κ1) is 21.6. The van der Waals surface area contributed by atoms with Crippen LogP contribution in [-0.2, 0) is 27.3 Å². The number of rotatable bonds is 4. The zero-order chi connectivity index (χ0) is 23.8. The van der Waals surface area contributed by atoms with Gasteiger partial charge < -0.3 is 10.2 Å². The molecule has 3 aromatic carbocycles. The number of aryl methyl sites for hydroxylation is 1. The van der Waals surface area contributed by atoms with E-state index in [1.54, 1.807) is 24.3 Å². The summed E-state index contributed by atoms with van der Waals surface area (Å²) >= 11 is 0. The van der Waals surface area contributed by atoms with Gasteiger partial charge in [0.2, 0.25) is 5.91 Å². The van der Waals surface area contributed by atoms with Gasteiger partial charge in [-0.2, -0.15) is 0 Å². The molecule has 0 unspecified atom stereocenters. The van der Waals surface area contributed by atoms with Crippen LogP contribution in [0.4, 0.5) is 11.4 Å². The summed E-state index contributed by atoms with van der Waals surface area (Å²) in [6.07, 6.45) is 0.813. The van der Waals surface area contributed by atoms with Gasteiger partial charge in [-0.1, -0.05) is 54.1 Å². The quantitative estimate of drug-likeness (QED) is 0.601. The first-order valence-corrected chi connectivity index (χ1v) is 11.3. The van der Waals surface area contributed by atoms with Gasteiger partial charge in [0.05, 0.1) is 11.3 Å². The van der Waals surface area contributed by atoms with Gasteiger partial charge in [-0.25, -0.2) is 4.90 Å². The maximum absolute atomic E-state index is 13.8. The normalized spacial score (nSPS) is 15.6. The number of benzene rings is 3. The highest BCUT2D eigenvalue weighted by Gasteiger charge is 2.43. The maximum Gasteiger partial charge on any atom is 0.282 e. The van der Waals surface area contributed by atoms with Crippen LogP contribution in [0.3, 0.4) is 0 Å². The van der Waals surface area contributed by atoms with Crippen LogP contribution in [0.15, 0.2) is 78.5 Å². The summed E-state index contributed by atoms with van der Waals surface area (Å²) in [5, 5.41) is 2.71. The molecule has 2 heterocycles. The second kappa shape index (κ2) is 8.63. The summed E-state index contributed by atoms with van der Waals surface area (Å²) in [7, 11) is 0. The minimum absolute atomic E-state index is 0.183. The van der Waals surface area contributed by atoms with E-state index in [0.717, 1.165) is 17.5 Å². The van der Waals surface area contributed by atoms with Crippen LogP contribution in [0.2, 0.25) is 0 Å². The van der Waals surface area contributed by atoms with Gasteiger partial charge in [0.15, 0.2) is 0 Å². The molecule has 0 radical (unpaired) electrons. The lowest BCUT2D eigenvalue weighted by molar-refractivity contribution is -0.121. The molecule has 0 aromatic heterocycles. The molecule has 0 aliphatic carbocycles. The van der Waals surface area contributed by atoms with Gasteiger partial charge in [-0.15, -0.1) is 0 Å². The molecular formula is C28H25N3O3. The highest BCUT2D eigenvalue weighted by Crippen LogP contribution is 2.37. The second-order valence-electron chi connectivity index (χ2n) is 8.70. The Bertz CT molecular complexity index is 1320. The van der Waals surface area contributed by atoms with E-state index in [1.165, 1.54) is 23.0 Å². The standard InChI is InChI=1S/C28H25N3O3/c1-18-7-9-21(10-8-18)25-26(30-16-15-20-5-3-4-6-22(20)17-30)28(34)31(27(25)33)24-13-11-23(12-14-24)29-19(2)32/h3-14H,15-17H2,1-2H3,(H,29,32). The molecule has 2 aliphatic rings. The Labute approximate surface area is 198 Å². The third-order valence-corrected chi connectivity index (χ3v) is 6.29. The fourth-order valence-electron chi connectivity index (χ4n) is 4.61. The van der Waals surface area contributed by atoms with Crippen molar-refractivity contribution in [2.75, 3.05) is 16.8 Å². The summed E-state index contributed by atoms with van der Waals surface area (Å²) in [6, 6.07) is 22.7. The number of amides is 3. The minimum atomic E-state index is -0.338. The largest absolute Gasteiger partial charge is 0.362 e. The van der Waals surface area contributed by atoms with E-state index in [-0.39, 0.29) is 17.7 Å². The number of nitrogens with one attached hydrogen (secondary N) is 1. The Morgan fingerprint density at radius 1 is 0.853 bits per heavy atom. The predicted octanol–water partition coefficient (Wildman–Crippen LogP) is 4.30. The number of anilines is 2. The predicted molar refractivity (Wildman–Crippen MR) is 132 cm³/mol. The van der Waals surface area contributed by atoms with Gasteiger partial charge >= 0.3 is 0 Å². The lowest BCUT2D eigenvalue weighted by atomic mass is 9.97. The lowest BCUT2D eigenvalue weighted by Crippen LogP contribution is -2.37. The van der Waals surface area contributed by atoms with Crippen LogP contribution in [0.5, 0.6) is 0 Å². The molecule has 170 valence electrons. The van der Waals surface area contributed by atoms with Gasteiger partial charge in [0, 0.05) is 25.7 Å². The van der Waals surface area contributed by atoms with Crippen LogP contribution in [0.1, 0.15) is 29.2 Å². The number of hydrogen-bond donors (Lipinski definition) is 1. The summed E-state index contributed by atoms with van der Waals surface area (Å²) in [4.78, 5) is 42.1. The summed E-state index contributed by atoms with van der Waals surface area (Å²) in [6.45, 7) is 4.67. The molecule has 0 atom stereocenters. The van der Waals surface area contributed by atoms with E-state index in [4.69, 9.17) is 0 Å². The molecule has 0 spiro atoms. The smallest absolute Gasteiger partial charge is 0.282 e. The fourth-order valence-corrected chi connectivity index (χ4v) is 4.61. The Balaban J connectivity index is 1.56. The number of nitrogens with zero attached hydrogens (tertiary/aromatic N) is 2. The van der Waals surface area contributed by atoms with Crippen LogP contribution < -0.4 is 10.2 Å². The fraction of sp³-hybridized carbons (Fsp3) is 0.179. The molecule has 0 bridgehead atoms. The first-order valence-electron chi connectivity index (χ1n) is 11.3. The molecule has 3 amide bonds. The minimum Gasteiger partial charge on any atom is -0.362 e. The SMILES string of the molecule is CC(=O)Nc1ccc(N2C(=O)C(c3ccc(C)cc3)=C(N3CCc4ccccc4C3)C2=O)cc1. The highest BCUT2D eigenvalue weighted by molar-refractivity contribution is 6.45. The summed E-state index contributed by atoms with van der Waals surface area (Å²) < 4.78 is 0. The number of carbonyl (C=O) groups is 3. The summed E-state index contributed by atoms with van der Waals surface area (Å²) in [5.41, 5.74) is 6.21. The molecule has 0 fully saturated rings. The lowest BCUT2D eigenvalue weighted by Gasteiger charge is -2.31. The molecule has 3 aromatic rings. The Morgan fingerprint density at radius 3 is 2.21 bits per heavy atom. The van der Waals surface area contributed by atoms with E-state index in [1.807, 2.05) is 48.2 Å². The van der Waals surface area contributed by atoms with Gasteiger partial charge in [0.25, 0.3) is 11.8 Å². The number of fused-ring (bicyclic) bond motifs is 1. The monoisotopic (exact) mass is 451 g/mol. The summed E-state index contributed by atoms with van der Waals surface area (Å²) in [5.74, 6) is -0.848. The molecule has 34 heavy (non-hydrogen) atoms. The Hall–Kier alpha value is -4.19. The van der Waals surface area contributed by atoms with Crippen LogP contribution in [0.25, 0.3) is 5.57 Å². The van der Waals surface area contributed by atoms with Crippen LogP contribution >= 0.6 is 0 Å². The van der Waals surface area contributed by atoms with Gasteiger partial charge in [-0.3, -0.25) is 14.4 Å². The molecular weight excluding hydrogens is 426 g/mol. The highest BCUT2D eigenvalue weighted by atomic mass is 16.2. The number of hydrogen-bond acceptors (Lipinski definition) is 4. The molecule has 1 N–H and O–H groups in total. The van der Waals surface area contributed by atoms with Crippen molar-refractivity contribution in [1.29, 1.82) is 0 Å². The second-order valence-corrected chi connectivity index (χ2v) is 8.70. The van der Waals surface area contributed by atoms with Gasteiger partial charge in [-0.05, 0) is 54.3 Å². The maximum atomic E-state index is 13.8. The topological polar surface area (TPSA) is 69.7 Å². The third kappa shape index (κ3) is 3.88. The van der Waals surface area contributed by atoms with Crippen molar-refractivity contribution < 1.29 is 14.4 Å². The Kier molecular flexibility index (Phi) is 5.49. The van der Waals surface area contributed by atoms with Crippen molar-refractivity contribution >= 4 is 34.7 Å². The molecule has 0 saturated heterocycles. The average Bonchev–Trinajstić information content (AvgIpc) is 3.09.